The van der Waals surface area contributed by atoms with Gasteiger partial charge in [-0.1, -0.05) is 37.6 Å². The van der Waals surface area contributed by atoms with Gasteiger partial charge in [0.05, 0.1) is 23.1 Å². The highest BCUT2D eigenvalue weighted by Gasteiger charge is 2.30. The molecule has 156 valence electrons. The number of nitrogens with zero attached hydrogens (tertiary/aromatic N) is 5. The lowest BCUT2D eigenvalue weighted by Gasteiger charge is -2.11. The van der Waals surface area contributed by atoms with Crippen molar-refractivity contribution in [2.24, 2.45) is 5.92 Å². The molecule has 0 bridgehead atoms. The molecule has 0 saturated heterocycles. The summed E-state index contributed by atoms with van der Waals surface area (Å²) >= 11 is 6.11. The molecule has 1 aliphatic carbocycles. The maximum atomic E-state index is 13.4. The molecule has 0 radical (unpaired) electrons. The Hall–Kier alpha value is -2.60. The zero-order valence-electron chi connectivity index (χ0n) is 17.6. The van der Waals surface area contributed by atoms with Crippen LogP contribution in [-0.2, 0) is 13.1 Å². The average Bonchev–Trinajstić information content (AvgIpc) is 3.42. The molecule has 1 fully saturated rings. The third-order valence-corrected chi connectivity index (χ3v) is 6.20. The van der Waals surface area contributed by atoms with E-state index in [2.05, 4.69) is 36.4 Å². The molecule has 1 aromatic carbocycles. The summed E-state index contributed by atoms with van der Waals surface area (Å²) in [6, 6.07) is 10.2. The lowest BCUT2D eigenvalue weighted by Crippen LogP contribution is -2.25. The van der Waals surface area contributed by atoms with E-state index in [1.165, 1.54) is 0 Å². The number of halogens is 1. The predicted octanol–water partition coefficient (Wildman–Crippen LogP) is 4.94. The lowest BCUT2D eigenvalue weighted by molar-refractivity contribution is 0.506. The van der Waals surface area contributed by atoms with Gasteiger partial charge < -0.3 is 4.57 Å². The second-order valence-corrected chi connectivity index (χ2v) is 9.14. The summed E-state index contributed by atoms with van der Waals surface area (Å²) in [6.07, 6.45) is 3.17. The molecule has 30 heavy (non-hydrogen) atoms. The fourth-order valence-electron chi connectivity index (χ4n) is 4.26. The van der Waals surface area contributed by atoms with Crippen LogP contribution in [0.15, 0.2) is 35.1 Å². The van der Waals surface area contributed by atoms with Gasteiger partial charge in [-0.3, -0.25) is 9.13 Å². The summed E-state index contributed by atoms with van der Waals surface area (Å²) in [5.41, 5.74) is 4.81. The maximum Gasteiger partial charge on any atom is 0.329 e. The molecular formula is C23H26ClN5O. The number of para-hydroxylation sites is 1. The number of aromatic nitrogens is 5. The molecule has 1 aliphatic rings. The minimum atomic E-state index is 0.0512. The van der Waals surface area contributed by atoms with Crippen molar-refractivity contribution in [1.29, 1.82) is 0 Å². The SMILES string of the molecule is Cc1cccc2c1n(C1CC1)c(=O)n2Cc1nc2nc(Cl)ccc2n1CCC(C)C. The van der Waals surface area contributed by atoms with Crippen LogP contribution in [0.25, 0.3) is 22.2 Å². The van der Waals surface area contributed by atoms with Crippen molar-refractivity contribution in [3.8, 4) is 0 Å². The van der Waals surface area contributed by atoms with E-state index < -0.39 is 0 Å². The number of fused-ring (bicyclic) bond motifs is 2. The molecule has 1 saturated carbocycles. The van der Waals surface area contributed by atoms with Gasteiger partial charge in [-0.2, -0.15) is 0 Å². The number of aryl methyl sites for hydroxylation is 2. The van der Waals surface area contributed by atoms with Crippen LogP contribution in [0.5, 0.6) is 0 Å². The molecule has 0 N–H and O–H groups in total. The zero-order valence-corrected chi connectivity index (χ0v) is 18.4. The first kappa shape index (κ1) is 19.4. The molecule has 3 heterocycles. The van der Waals surface area contributed by atoms with Gasteiger partial charge in [0.15, 0.2) is 5.65 Å². The Bertz CT molecular complexity index is 1310. The van der Waals surface area contributed by atoms with E-state index in [0.717, 1.165) is 53.7 Å². The van der Waals surface area contributed by atoms with Crippen molar-refractivity contribution in [3.63, 3.8) is 0 Å². The minimum Gasteiger partial charge on any atom is -0.325 e. The van der Waals surface area contributed by atoms with Crippen molar-refractivity contribution < 1.29 is 0 Å². The Labute approximate surface area is 180 Å². The summed E-state index contributed by atoms with van der Waals surface area (Å²) < 4.78 is 6.05. The summed E-state index contributed by atoms with van der Waals surface area (Å²) in [7, 11) is 0. The average molecular weight is 424 g/mol. The molecule has 0 spiro atoms. The summed E-state index contributed by atoms with van der Waals surface area (Å²) in [4.78, 5) is 22.6. The van der Waals surface area contributed by atoms with Crippen LogP contribution in [-0.4, -0.2) is 23.7 Å². The van der Waals surface area contributed by atoms with Crippen molar-refractivity contribution in [1.82, 2.24) is 23.7 Å². The van der Waals surface area contributed by atoms with Crippen LogP contribution >= 0.6 is 11.6 Å². The summed E-state index contributed by atoms with van der Waals surface area (Å²) in [5.74, 6) is 1.41. The highest BCUT2D eigenvalue weighted by molar-refractivity contribution is 6.29. The molecule has 0 atom stereocenters. The Morgan fingerprint density at radius 3 is 2.63 bits per heavy atom. The van der Waals surface area contributed by atoms with Gasteiger partial charge in [0.2, 0.25) is 0 Å². The fourth-order valence-corrected chi connectivity index (χ4v) is 4.40. The molecule has 0 unspecified atom stereocenters. The molecule has 5 rings (SSSR count). The van der Waals surface area contributed by atoms with Crippen molar-refractivity contribution in [3.05, 3.63) is 57.4 Å². The smallest absolute Gasteiger partial charge is 0.325 e. The Balaban J connectivity index is 1.67. The summed E-state index contributed by atoms with van der Waals surface area (Å²) in [5, 5.41) is 0.431. The van der Waals surface area contributed by atoms with E-state index in [9.17, 15) is 4.79 Å². The molecule has 3 aromatic heterocycles. The molecule has 6 nitrogen and oxygen atoms in total. The topological polar surface area (TPSA) is 57.6 Å². The van der Waals surface area contributed by atoms with E-state index in [4.69, 9.17) is 16.6 Å². The first-order chi connectivity index (χ1) is 14.4. The molecule has 0 amide bonds. The monoisotopic (exact) mass is 423 g/mol. The van der Waals surface area contributed by atoms with Gasteiger partial charge in [-0.25, -0.2) is 14.8 Å². The normalized spacial score (nSPS) is 14.4. The highest BCUT2D eigenvalue weighted by atomic mass is 35.5. The number of hydrogen-bond donors (Lipinski definition) is 0. The fraction of sp³-hybridized carbons (Fsp3) is 0.435. The third kappa shape index (κ3) is 3.23. The molecule has 0 aliphatic heterocycles. The molecule has 7 heteroatoms. The molecule has 4 aromatic rings. The van der Waals surface area contributed by atoms with Gasteiger partial charge in [0.1, 0.15) is 11.0 Å². The first-order valence-electron chi connectivity index (χ1n) is 10.7. The predicted molar refractivity (Wildman–Crippen MR) is 120 cm³/mol. The van der Waals surface area contributed by atoms with Crippen molar-refractivity contribution in [2.75, 3.05) is 0 Å². The number of hydrogen-bond acceptors (Lipinski definition) is 3. The van der Waals surface area contributed by atoms with Crippen LogP contribution in [0.1, 0.15) is 50.5 Å². The van der Waals surface area contributed by atoms with E-state index >= 15 is 0 Å². The van der Waals surface area contributed by atoms with E-state index in [1.54, 1.807) is 6.07 Å². The first-order valence-corrected chi connectivity index (χ1v) is 11.0. The van der Waals surface area contributed by atoms with E-state index in [-0.39, 0.29) is 5.69 Å². The lowest BCUT2D eigenvalue weighted by atomic mass is 10.1. The number of rotatable bonds is 6. The largest absolute Gasteiger partial charge is 0.329 e. The summed E-state index contributed by atoms with van der Waals surface area (Å²) in [6.45, 7) is 7.76. The Morgan fingerprint density at radius 2 is 1.90 bits per heavy atom. The second-order valence-electron chi connectivity index (χ2n) is 8.75. The Kier molecular flexibility index (Phi) is 4.69. The number of benzene rings is 1. The highest BCUT2D eigenvalue weighted by Crippen LogP contribution is 2.37. The van der Waals surface area contributed by atoms with Gasteiger partial charge in [0.25, 0.3) is 0 Å². The standard InChI is InChI=1S/C23H26ClN5O/c1-14(2)11-12-27-18-9-10-19(24)25-22(18)26-20(27)13-28-17-6-4-5-15(3)21(17)29(23(28)30)16-7-8-16/h4-6,9-10,14,16H,7-8,11-13H2,1-3H3. The van der Waals surface area contributed by atoms with Crippen LogP contribution in [0.3, 0.4) is 0 Å². The zero-order chi connectivity index (χ0) is 21.0. The van der Waals surface area contributed by atoms with Crippen molar-refractivity contribution in [2.45, 2.75) is 59.2 Å². The third-order valence-electron chi connectivity index (χ3n) is 5.98. The second kappa shape index (κ2) is 7.27. The molecular weight excluding hydrogens is 398 g/mol. The van der Waals surface area contributed by atoms with Gasteiger partial charge >= 0.3 is 5.69 Å². The minimum absolute atomic E-state index is 0.0512. The quantitative estimate of drug-likeness (QED) is 0.413. The number of imidazole rings is 2. The Morgan fingerprint density at radius 1 is 1.10 bits per heavy atom. The van der Waals surface area contributed by atoms with Crippen LogP contribution < -0.4 is 5.69 Å². The number of pyridine rings is 1. The van der Waals surface area contributed by atoms with Gasteiger partial charge in [-0.05, 0) is 55.9 Å². The maximum absolute atomic E-state index is 13.4. The van der Waals surface area contributed by atoms with Gasteiger partial charge in [0, 0.05) is 12.6 Å². The van der Waals surface area contributed by atoms with E-state index in [1.807, 2.05) is 27.3 Å². The van der Waals surface area contributed by atoms with Crippen LogP contribution in [0.2, 0.25) is 5.15 Å². The van der Waals surface area contributed by atoms with Crippen molar-refractivity contribution >= 4 is 33.8 Å². The van der Waals surface area contributed by atoms with Crippen LogP contribution in [0.4, 0.5) is 0 Å². The van der Waals surface area contributed by atoms with E-state index in [0.29, 0.717) is 29.3 Å². The van der Waals surface area contributed by atoms with Crippen LogP contribution in [0, 0.1) is 12.8 Å². The van der Waals surface area contributed by atoms with Gasteiger partial charge in [-0.15, -0.1) is 0 Å².